The van der Waals surface area contributed by atoms with Crippen LogP contribution in [-0.2, 0) is 0 Å². The molecule has 0 saturated carbocycles. The van der Waals surface area contributed by atoms with Crippen LogP contribution in [0.4, 0.5) is 8.78 Å². The molecular formula is C25H16F2N4O. The van der Waals surface area contributed by atoms with E-state index in [1.165, 1.54) is 6.07 Å². The summed E-state index contributed by atoms with van der Waals surface area (Å²) in [5.74, 6) is -0.529. The fraction of sp³-hybridized carbons (Fsp3) is 0.0400. The van der Waals surface area contributed by atoms with Crippen LogP contribution in [0, 0.1) is 11.6 Å². The van der Waals surface area contributed by atoms with Crippen molar-refractivity contribution in [1.82, 2.24) is 19.9 Å². The average Bonchev–Trinajstić information content (AvgIpc) is 3.41. The molecule has 2 N–H and O–H groups in total. The quantitative estimate of drug-likeness (QED) is 0.353. The molecule has 0 unspecified atom stereocenters. The SMILES string of the molecule is COc1ccc2nc(-c3cc4c([nH]c5ccccc54)c(-c4ccc(F)c(F)c4)n3)[nH]c2c1. The minimum Gasteiger partial charge on any atom is -0.497 e. The molecule has 3 heterocycles. The number of nitrogens with zero attached hydrogens (tertiary/aromatic N) is 2. The van der Waals surface area contributed by atoms with Crippen LogP contribution in [0.1, 0.15) is 0 Å². The number of hydrogen-bond acceptors (Lipinski definition) is 3. The van der Waals surface area contributed by atoms with Crippen LogP contribution < -0.4 is 4.74 Å². The summed E-state index contributed by atoms with van der Waals surface area (Å²) in [6.07, 6.45) is 0. The lowest BCUT2D eigenvalue weighted by Gasteiger charge is -2.07. The number of methoxy groups -OCH3 is 1. The standard InChI is InChI=1S/C25H16F2N4O/c1-32-14-7-9-20-21(11-14)31-25(30-20)22-12-16-15-4-2-3-5-19(15)28-24(16)23(29-22)13-6-8-17(26)18(27)10-13/h2-12,28H,1H3,(H,30,31). The number of fused-ring (bicyclic) bond motifs is 4. The Balaban J connectivity index is 1.65. The topological polar surface area (TPSA) is 66.6 Å². The summed E-state index contributed by atoms with van der Waals surface area (Å²) < 4.78 is 32.9. The molecule has 0 radical (unpaired) electrons. The summed E-state index contributed by atoms with van der Waals surface area (Å²) in [4.78, 5) is 16.1. The second-order valence-electron chi connectivity index (χ2n) is 7.55. The molecule has 156 valence electrons. The van der Waals surface area contributed by atoms with Crippen LogP contribution >= 0.6 is 0 Å². The Morgan fingerprint density at radius 1 is 0.781 bits per heavy atom. The number of ether oxygens (including phenoxy) is 1. The van der Waals surface area contributed by atoms with Crippen molar-refractivity contribution < 1.29 is 13.5 Å². The molecule has 0 atom stereocenters. The maximum atomic E-state index is 14.1. The number of halogens is 2. The summed E-state index contributed by atoms with van der Waals surface area (Å²) >= 11 is 0. The van der Waals surface area contributed by atoms with Gasteiger partial charge in [0.05, 0.1) is 29.4 Å². The van der Waals surface area contributed by atoms with E-state index < -0.39 is 11.6 Å². The molecular weight excluding hydrogens is 410 g/mol. The summed E-state index contributed by atoms with van der Waals surface area (Å²) in [5.41, 5.74) is 4.85. The zero-order valence-electron chi connectivity index (χ0n) is 16.9. The molecule has 0 aliphatic carbocycles. The van der Waals surface area contributed by atoms with Gasteiger partial charge >= 0.3 is 0 Å². The van der Waals surface area contributed by atoms with Crippen LogP contribution in [0.5, 0.6) is 5.75 Å². The Kier molecular flexibility index (Phi) is 3.98. The Morgan fingerprint density at radius 2 is 1.66 bits per heavy atom. The zero-order chi connectivity index (χ0) is 21.8. The molecule has 3 aromatic carbocycles. The van der Waals surface area contributed by atoms with Gasteiger partial charge in [-0.3, -0.25) is 0 Å². The molecule has 0 bridgehead atoms. The van der Waals surface area contributed by atoms with E-state index >= 15 is 0 Å². The van der Waals surface area contributed by atoms with Gasteiger partial charge in [-0.05, 0) is 42.5 Å². The number of nitrogens with one attached hydrogen (secondary N) is 2. The molecule has 32 heavy (non-hydrogen) atoms. The van der Waals surface area contributed by atoms with Crippen molar-refractivity contribution in [3.05, 3.63) is 78.4 Å². The Labute approximate surface area is 180 Å². The number of aromatic amines is 2. The molecule has 0 aliphatic rings. The van der Waals surface area contributed by atoms with Gasteiger partial charge in [-0.2, -0.15) is 0 Å². The molecule has 0 fully saturated rings. The number of para-hydroxylation sites is 1. The zero-order valence-corrected chi connectivity index (χ0v) is 16.9. The van der Waals surface area contributed by atoms with Crippen molar-refractivity contribution >= 4 is 32.8 Å². The van der Waals surface area contributed by atoms with Gasteiger partial charge in [0.2, 0.25) is 0 Å². The third-order valence-electron chi connectivity index (χ3n) is 5.62. The van der Waals surface area contributed by atoms with Crippen molar-refractivity contribution in [1.29, 1.82) is 0 Å². The number of pyridine rings is 1. The third-order valence-corrected chi connectivity index (χ3v) is 5.62. The number of rotatable bonds is 3. The monoisotopic (exact) mass is 426 g/mol. The van der Waals surface area contributed by atoms with Gasteiger partial charge in [-0.15, -0.1) is 0 Å². The van der Waals surface area contributed by atoms with Gasteiger partial charge in [-0.25, -0.2) is 18.7 Å². The molecule has 6 aromatic rings. The first-order valence-electron chi connectivity index (χ1n) is 10.0. The first kappa shape index (κ1) is 18.5. The molecule has 7 heteroatoms. The van der Waals surface area contributed by atoms with E-state index in [0.717, 1.165) is 50.7 Å². The van der Waals surface area contributed by atoms with Gasteiger partial charge < -0.3 is 14.7 Å². The van der Waals surface area contributed by atoms with Gasteiger partial charge in [0.15, 0.2) is 17.5 Å². The Morgan fingerprint density at radius 3 is 2.50 bits per heavy atom. The van der Waals surface area contributed by atoms with E-state index in [4.69, 9.17) is 9.72 Å². The lowest BCUT2D eigenvalue weighted by molar-refractivity contribution is 0.415. The van der Waals surface area contributed by atoms with Crippen LogP contribution in [-0.4, -0.2) is 27.0 Å². The van der Waals surface area contributed by atoms with Gasteiger partial charge in [0.25, 0.3) is 0 Å². The van der Waals surface area contributed by atoms with Crippen LogP contribution in [0.2, 0.25) is 0 Å². The highest BCUT2D eigenvalue weighted by molar-refractivity contribution is 6.12. The van der Waals surface area contributed by atoms with Crippen LogP contribution in [0.25, 0.3) is 55.6 Å². The molecule has 5 nitrogen and oxygen atoms in total. The van der Waals surface area contributed by atoms with E-state index in [-0.39, 0.29) is 0 Å². The molecule has 0 spiro atoms. The third kappa shape index (κ3) is 2.82. The lowest BCUT2D eigenvalue weighted by Crippen LogP contribution is -1.93. The van der Waals surface area contributed by atoms with Crippen molar-refractivity contribution in [2.45, 2.75) is 0 Å². The molecule has 0 aliphatic heterocycles. The first-order chi connectivity index (χ1) is 15.6. The van der Waals surface area contributed by atoms with Gasteiger partial charge in [0.1, 0.15) is 11.4 Å². The molecule has 3 aromatic heterocycles. The number of imidazole rings is 1. The highest BCUT2D eigenvalue weighted by Gasteiger charge is 2.17. The highest BCUT2D eigenvalue weighted by Crippen LogP contribution is 2.35. The maximum absolute atomic E-state index is 14.1. The smallest absolute Gasteiger partial charge is 0.159 e. The molecule has 0 amide bonds. The lowest BCUT2D eigenvalue weighted by atomic mass is 10.1. The van der Waals surface area contributed by atoms with Crippen molar-refractivity contribution in [3.63, 3.8) is 0 Å². The van der Waals surface area contributed by atoms with Crippen molar-refractivity contribution in [2.24, 2.45) is 0 Å². The van der Waals surface area contributed by atoms with Crippen LogP contribution in [0.3, 0.4) is 0 Å². The number of hydrogen-bond donors (Lipinski definition) is 2. The number of H-pyrrole nitrogens is 2. The first-order valence-corrected chi connectivity index (χ1v) is 10.0. The van der Waals surface area contributed by atoms with Crippen molar-refractivity contribution in [2.75, 3.05) is 7.11 Å². The molecule has 6 rings (SSSR count). The van der Waals surface area contributed by atoms with E-state index in [1.54, 1.807) is 7.11 Å². The van der Waals surface area contributed by atoms with E-state index in [1.807, 2.05) is 48.5 Å². The van der Waals surface area contributed by atoms with Gasteiger partial charge in [-0.1, -0.05) is 18.2 Å². The summed E-state index contributed by atoms with van der Waals surface area (Å²) in [6.45, 7) is 0. The minimum atomic E-state index is -0.921. The predicted octanol–water partition coefficient (Wildman–Crippen LogP) is 6.21. The minimum absolute atomic E-state index is 0.472. The fourth-order valence-corrected chi connectivity index (χ4v) is 4.06. The van der Waals surface area contributed by atoms with Gasteiger partial charge in [0, 0.05) is 27.9 Å². The fourth-order valence-electron chi connectivity index (χ4n) is 4.06. The normalized spacial score (nSPS) is 11.6. The Hall–Kier alpha value is -4.26. The second kappa shape index (κ2) is 6.88. The maximum Gasteiger partial charge on any atom is 0.159 e. The van der Waals surface area contributed by atoms with Crippen LogP contribution in [0.15, 0.2) is 66.7 Å². The van der Waals surface area contributed by atoms with E-state index in [0.29, 0.717) is 22.8 Å². The summed E-state index contributed by atoms with van der Waals surface area (Å²) in [5, 5.41) is 1.93. The number of aromatic nitrogens is 4. The highest BCUT2D eigenvalue weighted by atomic mass is 19.2. The number of benzene rings is 3. The molecule has 0 saturated heterocycles. The van der Waals surface area contributed by atoms with Crippen molar-refractivity contribution in [3.8, 4) is 28.5 Å². The van der Waals surface area contributed by atoms with E-state index in [9.17, 15) is 8.78 Å². The predicted molar refractivity (Wildman–Crippen MR) is 121 cm³/mol. The Bertz CT molecular complexity index is 1650. The second-order valence-corrected chi connectivity index (χ2v) is 7.55. The largest absolute Gasteiger partial charge is 0.497 e. The summed E-state index contributed by atoms with van der Waals surface area (Å²) in [7, 11) is 1.61. The average molecular weight is 426 g/mol. The summed E-state index contributed by atoms with van der Waals surface area (Å²) in [6, 6.07) is 19.2. The van der Waals surface area contributed by atoms with E-state index in [2.05, 4.69) is 15.0 Å².